The molecule has 0 heterocycles. The molecule has 1 aliphatic carbocycles. The van der Waals surface area contributed by atoms with Gasteiger partial charge in [-0.15, -0.1) is 0 Å². The summed E-state index contributed by atoms with van der Waals surface area (Å²) in [5, 5.41) is 8.63. The van der Waals surface area contributed by atoms with Gasteiger partial charge in [-0.1, -0.05) is 0 Å². The third kappa shape index (κ3) is 2.18. The number of ether oxygens (including phenoxy) is 2. The van der Waals surface area contributed by atoms with Crippen molar-refractivity contribution >= 4 is 0 Å². The van der Waals surface area contributed by atoms with Crippen LogP contribution < -0.4 is 0 Å². The van der Waals surface area contributed by atoms with Crippen LogP contribution in [0, 0.1) is 17.2 Å². The first-order valence-electron chi connectivity index (χ1n) is 3.75. The van der Waals surface area contributed by atoms with Crippen LogP contribution in [0.5, 0.6) is 0 Å². The van der Waals surface area contributed by atoms with Crippen LogP contribution in [0.2, 0.25) is 0 Å². The van der Waals surface area contributed by atoms with Gasteiger partial charge in [-0.2, -0.15) is 5.26 Å². The monoisotopic (exact) mass is 154 g/mol. The molecule has 1 unspecified atom stereocenters. The van der Waals surface area contributed by atoms with E-state index in [1.807, 2.05) is 0 Å². The lowest BCUT2D eigenvalue weighted by Gasteiger charge is -2.12. The fourth-order valence-corrected chi connectivity index (χ4v) is 1.28. The fraction of sp³-hybridized carbons (Fsp3) is 0.750. The molecule has 0 spiro atoms. The largest absolute Gasteiger partial charge is 0.359 e. The predicted molar refractivity (Wildman–Crippen MR) is 39.5 cm³/mol. The number of methoxy groups -OCH3 is 1. The lowest BCUT2D eigenvalue weighted by Crippen LogP contribution is -2.16. The maximum Gasteiger partial charge on any atom is 0.146 e. The van der Waals surface area contributed by atoms with E-state index in [0.29, 0.717) is 0 Å². The van der Waals surface area contributed by atoms with E-state index >= 15 is 0 Å². The summed E-state index contributed by atoms with van der Waals surface area (Å²) in [5.41, 5.74) is 0. The molecule has 3 heteroatoms. The normalized spacial score (nSPS) is 25.3. The first kappa shape index (κ1) is 8.51. The second-order valence-corrected chi connectivity index (χ2v) is 2.59. The van der Waals surface area contributed by atoms with E-state index in [0.717, 1.165) is 25.2 Å². The van der Waals surface area contributed by atoms with Crippen LogP contribution in [0.3, 0.4) is 0 Å². The summed E-state index contributed by atoms with van der Waals surface area (Å²) in [6.07, 6.45) is 2.95. The molecule has 1 fully saturated rings. The van der Waals surface area contributed by atoms with Gasteiger partial charge in [0, 0.05) is 7.11 Å². The highest BCUT2D eigenvalue weighted by molar-refractivity contribution is 5.19. The molecule has 1 saturated carbocycles. The van der Waals surface area contributed by atoms with Gasteiger partial charge < -0.3 is 9.47 Å². The van der Waals surface area contributed by atoms with E-state index < -0.39 is 0 Å². The first-order chi connectivity index (χ1) is 5.38. The third-order valence-electron chi connectivity index (χ3n) is 1.83. The van der Waals surface area contributed by atoms with E-state index in [2.05, 4.69) is 6.07 Å². The number of nitrogens with zero attached hydrogens (tertiary/aromatic N) is 1. The Morgan fingerprint density at radius 2 is 2.55 bits per heavy atom. The van der Waals surface area contributed by atoms with Crippen molar-refractivity contribution in [2.24, 2.45) is 0 Å². The van der Waals surface area contributed by atoms with Gasteiger partial charge in [0.1, 0.15) is 12.7 Å². The highest BCUT2D eigenvalue weighted by Crippen LogP contribution is 2.29. The molecular weight excluding hydrogens is 142 g/mol. The summed E-state index contributed by atoms with van der Waals surface area (Å²) in [5.74, 6) is 0.863. The van der Waals surface area contributed by atoms with Crippen LogP contribution in [0.1, 0.15) is 19.3 Å². The minimum atomic E-state index is 0.0277. The molecule has 0 saturated heterocycles. The second-order valence-electron chi connectivity index (χ2n) is 2.59. The highest BCUT2D eigenvalue weighted by atomic mass is 16.7. The zero-order chi connectivity index (χ0) is 8.10. The highest BCUT2D eigenvalue weighted by Gasteiger charge is 2.28. The number of nitriles is 1. The minimum Gasteiger partial charge on any atom is -0.359 e. The number of rotatable bonds is 3. The fourth-order valence-electron chi connectivity index (χ4n) is 1.28. The van der Waals surface area contributed by atoms with Gasteiger partial charge in [-0.3, -0.25) is 0 Å². The quantitative estimate of drug-likeness (QED) is 0.574. The van der Waals surface area contributed by atoms with E-state index in [-0.39, 0.29) is 12.9 Å². The molecule has 3 nitrogen and oxygen atoms in total. The molecule has 61 valence electrons. The zero-order valence-electron chi connectivity index (χ0n) is 6.67. The van der Waals surface area contributed by atoms with Crippen LogP contribution in [-0.4, -0.2) is 20.0 Å². The topological polar surface area (TPSA) is 42.2 Å². The van der Waals surface area contributed by atoms with Crippen molar-refractivity contribution < 1.29 is 9.47 Å². The predicted octanol–water partition coefficient (Wildman–Crippen LogP) is 1.26. The Bertz CT molecular complexity index is 153. The van der Waals surface area contributed by atoms with Gasteiger partial charge in [0.25, 0.3) is 0 Å². The SMILES string of the molecule is COCOC1CCC[C]1C#N. The molecule has 1 radical (unpaired) electrons. The van der Waals surface area contributed by atoms with Gasteiger partial charge in [0.15, 0.2) is 0 Å². The van der Waals surface area contributed by atoms with Gasteiger partial charge in [-0.05, 0) is 19.3 Å². The lowest BCUT2D eigenvalue weighted by molar-refractivity contribution is -0.0609. The molecule has 0 aliphatic heterocycles. The summed E-state index contributed by atoms with van der Waals surface area (Å²) in [6, 6.07) is 2.16. The Kier molecular flexibility index (Phi) is 3.34. The van der Waals surface area contributed by atoms with Crippen molar-refractivity contribution in [3.8, 4) is 6.07 Å². The molecule has 0 bridgehead atoms. The Morgan fingerprint density at radius 3 is 3.18 bits per heavy atom. The van der Waals surface area contributed by atoms with E-state index in [9.17, 15) is 0 Å². The van der Waals surface area contributed by atoms with Crippen molar-refractivity contribution in [2.75, 3.05) is 13.9 Å². The number of hydrogen-bond acceptors (Lipinski definition) is 3. The molecule has 11 heavy (non-hydrogen) atoms. The van der Waals surface area contributed by atoms with Gasteiger partial charge in [0.2, 0.25) is 0 Å². The molecule has 0 aromatic heterocycles. The smallest absolute Gasteiger partial charge is 0.146 e. The van der Waals surface area contributed by atoms with Crippen LogP contribution >= 0.6 is 0 Å². The number of hydrogen-bond donors (Lipinski definition) is 0. The zero-order valence-corrected chi connectivity index (χ0v) is 6.67. The Labute approximate surface area is 66.9 Å². The Hall–Kier alpha value is -0.590. The molecule has 0 amide bonds. The van der Waals surface area contributed by atoms with Crippen molar-refractivity contribution in [1.29, 1.82) is 5.26 Å². The molecule has 1 aliphatic rings. The van der Waals surface area contributed by atoms with E-state index in [4.69, 9.17) is 14.7 Å². The first-order valence-corrected chi connectivity index (χ1v) is 3.75. The summed E-state index contributed by atoms with van der Waals surface area (Å²) in [7, 11) is 1.58. The lowest BCUT2D eigenvalue weighted by atomic mass is 10.1. The van der Waals surface area contributed by atoms with Gasteiger partial charge >= 0.3 is 0 Å². The van der Waals surface area contributed by atoms with Crippen LogP contribution in [0.25, 0.3) is 0 Å². The molecular formula is C8H12NO2. The van der Waals surface area contributed by atoms with Crippen molar-refractivity contribution in [2.45, 2.75) is 25.4 Å². The molecule has 1 atom stereocenters. The average Bonchev–Trinajstić information content (AvgIpc) is 2.47. The molecule has 0 aromatic rings. The van der Waals surface area contributed by atoms with Crippen LogP contribution in [0.15, 0.2) is 0 Å². The molecule has 1 rings (SSSR count). The van der Waals surface area contributed by atoms with E-state index in [1.165, 1.54) is 0 Å². The minimum absolute atomic E-state index is 0.0277. The van der Waals surface area contributed by atoms with Gasteiger partial charge in [0.05, 0.1) is 12.2 Å². The summed E-state index contributed by atoms with van der Waals surface area (Å²) >= 11 is 0. The maximum atomic E-state index is 8.63. The van der Waals surface area contributed by atoms with Crippen molar-refractivity contribution in [3.63, 3.8) is 0 Å². The third-order valence-corrected chi connectivity index (χ3v) is 1.83. The Balaban J connectivity index is 2.27. The molecule has 0 aromatic carbocycles. The summed E-state index contributed by atoms with van der Waals surface area (Å²) < 4.78 is 10.0. The standard InChI is InChI=1S/C8H12NO2/c1-10-6-11-8-4-2-3-7(8)5-9/h8H,2-4,6H2,1H3. The molecule has 0 N–H and O–H groups in total. The van der Waals surface area contributed by atoms with Crippen molar-refractivity contribution in [1.82, 2.24) is 0 Å². The average molecular weight is 154 g/mol. The summed E-state index contributed by atoms with van der Waals surface area (Å²) in [6.45, 7) is 0.288. The summed E-state index contributed by atoms with van der Waals surface area (Å²) in [4.78, 5) is 0. The van der Waals surface area contributed by atoms with Crippen molar-refractivity contribution in [3.05, 3.63) is 5.92 Å². The Morgan fingerprint density at radius 1 is 1.73 bits per heavy atom. The van der Waals surface area contributed by atoms with E-state index in [1.54, 1.807) is 7.11 Å². The van der Waals surface area contributed by atoms with Crippen LogP contribution in [0.4, 0.5) is 0 Å². The maximum absolute atomic E-state index is 8.63. The van der Waals surface area contributed by atoms with Crippen LogP contribution in [-0.2, 0) is 9.47 Å². The second kappa shape index (κ2) is 4.32. The van der Waals surface area contributed by atoms with Gasteiger partial charge in [-0.25, -0.2) is 0 Å².